The van der Waals surface area contributed by atoms with Gasteiger partial charge in [-0.2, -0.15) is 0 Å². The lowest BCUT2D eigenvalue weighted by molar-refractivity contribution is -0.142. The van der Waals surface area contributed by atoms with Gasteiger partial charge in [-0.1, -0.05) is 0 Å². The summed E-state index contributed by atoms with van der Waals surface area (Å²) in [5, 5.41) is 19.4. The molecule has 80 valence electrons. The number of carboxylic acid groups (broad SMARTS) is 1. The minimum atomic E-state index is -1.20. The SMILES string of the molecule is O=C(N[C@H](CO)C(=O)O)C1CCCS1. The molecule has 0 aromatic carbocycles. The number of amides is 1. The lowest BCUT2D eigenvalue weighted by Gasteiger charge is -2.14. The monoisotopic (exact) mass is 219 g/mol. The van der Waals surface area contributed by atoms with Gasteiger partial charge in [-0.25, -0.2) is 4.79 Å². The van der Waals surface area contributed by atoms with Crippen LogP contribution in [0, 0.1) is 0 Å². The third-order valence-corrected chi connectivity index (χ3v) is 3.40. The van der Waals surface area contributed by atoms with Crippen molar-refractivity contribution < 1.29 is 19.8 Å². The van der Waals surface area contributed by atoms with Gasteiger partial charge in [0.25, 0.3) is 0 Å². The second-order valence-electron chi connectivity index (χ2n) is 3.08. The van der Waals surface area contributed by atoms with E-state index in [-0.39, 0.29) is 11.2 Å². The molecule has 0 aliphatic carbocycles. The first-order valence-corrected chi connectivity index (χ1v) is 5.45. The molecule has 1 heterocycles. The van der Waals surface area contributed by atoms with Crippen molar-refractivity contribution in [2.45, 2.75) is 24.1 Å². The maximum Gasteiger partial charge on any atom is 0.328 e. The van der Waals surface area contributed by atoms with Gasteiger partial charge in [-0.3, -0.25) is 4.79 Å². The standard InChI is InChI=1S/C8H13NO4S/c10-4-5(8(12)13)9-7(11)6-2-1-3-14-6/h5-6,10H,1-4H2,(H,9,11)(H,12,13)/t5-,6?/m1/s1. The summed E-state index contributed by atoms with van der Waals surface area (Å²) >= 11 is 1.53. The summed E-state index contributed by atoms with van der Waals surface area (Å²) in [5.74, 6) is -0.549. The smallest absolute Gasteiger partial charge is 0.328 e. The lowest BCUT2D eigenvalue weighted by atomic mass is 10.2. The first kappa shape index (κ1) is 11.3. The molecule has 5 nitrogen and oxygen atoms in total. The number of aliphatic carboxylic acids is 1. The van der Waals surface area contributed by atoms with Crippen molar-refractivity contribution in [3.8, 4) is 0 Å². The largest absolute Gasteiger partial charge is 0.480 e. The van der Waals surface area contributed by atoms with Crippen LogP contribution in [0.25, 0.3) is 0 Å². The number of carbonyl (C=O) groups is 2. The molecule has 0 saturated carbocycles. The van der Waals surface area contributed by atoms with Crippen LogP contribution >= 0.6 is 11.8 Å². The lowest BCUT2D eigenvalue weighted by Crippen LogP contribution is -2.46. The van der Waals surface area contributed by atoms with E-state index in [0.717, 1.165) is 18.6 Å². The predicted molar refractivity (Wildman–Crippen MR) is 52.1 cm³/mol. The van der Waals surface area contributed by atoms with Crippen LogP contribution in [-0.4, -0.2) is 45.7 Å². The van der Waals surface area contributed by atoms with E-state index in [4.69, 9.17) is 10.2 Å². The number of carbonyl (C=O) groups excluding carboxylic acids is 1. The number of thioether (sulfide) groups is 1. The average Bonchev–Trinajstić information content (AvgIpc) is 2.65. The normalized spacial score (nSPS) is 23.1. The van der Waals surface area contributed by atoms with E-state index < -0.39 is 18.6 Å². The zero-order chi connectivity index (χ0) is 10.6. The molecule has 1 aliphatic heterocycles. The van der Waals surface area contributed by atoms with Gasteiger partial charge in [0.2, 0.25) is 5.91 Å². The van der Waals surface area contributed by atoms with Crippen molar-refractivity contribution in [3.63, 3.8) is 0 Å². The van der Waals surface area contributed by atoms with Gasteiger partial charge in [0.15, 0.2) is 0 Å². The summed E-state index contributed by atoms with van der Waals surface area (Å²) in [5.41, 5.74) is 0. The number of aliphatic hydroxyl groups is 1. The van der Waals surface area contributed by atoms with Crippen molar-refractivity contribution in [1.29, 1.82) is 0 Å². The number of rotatable bonds is 4. The summed E-state index contributed by atoms with van der Waals surface area (Å²) in [4.78, 5) is 21.9. The van der Waals surface area contributed by atoms with E-state index in [2.05, 4.69) is 5.32 Å². The highest BCUT2D eigenvalue weighted by atomic mass is 32.2. The highest BCUT2D eigenvalue weighted by Crippen LogP contribution is 2.26. The third kappa shape index (κ3) is 2.88. The molecule has 3 N–H and O–H groups in total. The molecule has 2 atom stereocenters. The first-order chi connectivity index (χ1) is 6.65. The Morgan fingerprint density at radius 1 is 1.57 bits per heavy atom. The fourth-order valence-electron chi connectivity index (χ4n) is 1.23. The van der Waals surface area contributed by atoms with Crippen LogP contribution in [0.3, 0.4) is 0 Å². The summed E-state index contributed by atoms with van der Waals surface area (Å²) < 4.78 is 0. The Labute approximate surface area is 85.9 Å². The fraction of sp³-hybridized carbons (Fsp3) is 0.750. The molecule has 1 fully saturated rings. The van der Waals surface area contributed by atoms with Crippen LogP contribution in [0.4, 0.5) is 0 Å². The molecule has 1 amide bonds. The summed E-state index contributed by atoms with van der Waals surface area (Å²) in [6, 6.07) is -1.18. The van der Waals surface area contributed by atoms with Crippen LogP contribution in [0.2, 0.25) is 0 Å². The summed E-state index contributed by atoms with van der Waals surface area (Å²) in [7, 11) is 0. The van der Waals surface area contributed by atoms with Gasteiger partial charge in [-0.15, -0.1) is 11.8 Å². The predicted octanol–water partition coefficient (Wildman–Crippen LogP) is -0.556. The van der Waals surface area contributed by atoms with Gasteiger partial charge in [0.1, 0.15) is 6.04 Å². The van der Waals surface area contributed by atoms with Crippen molar-refractivity contribution >= 4 is 23.6 Å². The van der Waals surface area contributed by atoms with Crippen molar-refractivity contribution in [3.05, 3.63) is 0 Å². The van der Waals surface area contributed by atoms with Crippen LogP contribution in [0.1, 0.15) is 12.8 Å². The Balaban J connectivity index is 2.41. The fourth-order valence-corrected chi connectivity index (χ4v) is 2.41. The van der Waals surface area contributed by atoms with Crippen LogP contribution in [0.15, 0.2) is 0 Å². The quantitative estimate of drug-likeness (QED) is 0.590. The van der Waals surface area contributed by atoms with Gasteiger partial charge in [0, 0.05) is 0 Å². The topological polar surface area (TPSA) is 86.6 Å². The maximum absolute atomic E-state index is 11.4. The molecule has 1 rings (SSSR count). The molecule has 6 heteroatoms. The van der Waals surface area contributed by atoms with E-state index in [0.29, 0.717) is 0 Å². The number of hydrogen-bond acceptors (Lipinski definition) is 4. The van der Waals surface area contributed by atoms with Gasteiger partial charge in [-0.05, 0) is 18.6 Å². The van der Waals surface area contributed by atoms with Gasteiger partial charge >= 0.3 is 5.97 Å². The zero-order valence-electron chi connectivity index (χ0n) is 7.60. The molecule has 14 heavy (non-hydrogen) atoms. The Hall–Kier alpha value is -0.750. The zero-order valence-corrected chi connectivity index (χ0v) is 8.42. The Kier molecular flexibility index (Phi) is 4.21. The van der Waals surface area contributed by atoms with Gasteiger partial charge in [0.05, 0.1) is 11.9 Å². The van der Waals surface area contributed by atoms with E-state index in [9.17, 15) is 9.59 Å². The van der Waals surface area contributed by atoms with Crippen LogP contribution in [-0.2, 0) is 9.59 Å². The number of aliphatic hydroxyl groups excluding tert-OH is 1. The van der Waals surface area contributed by atoms with Crippen LogP contribution in [0.5, 0.6) is 0 Å². The molecular formula is C8H13NO4S. The molecule has 0 aromatic heterocycles. The highest BCUT2D eigenvalue weighted by Gasteiger charge is 2.27. The molecule has 1 unspecified atom stereocenters. The van der Waals surface area contributed by atoms with E-state index >= 15 is 0 Å². The number of nitrogens with one attached hydrogen (secondary N) is 1. The Bertz CT molecular complexity index is 227. The van der Waals surface area contributed by atoms with E-state index in [1.807, 2.05) is 0 Å². The average molecular weight is 219 g/mol. The minimum Gasteiger partial charge on any atom is -0.480 e. The number of hydrogen-bond donors (Lipinski definition) is 3. The van der Waals surface area contributed by atoms with Gasteiger partial charge < -0.3 is 15.5 Å². The molecular weight excluding hydrogens is 206 g/mol. The Morgan fingerprint density at radius 2 is 2.29 bits per heavy atom. The molecule has 1 aliphatic rings. The summed E-state index contributed by atoms with van der Waals surface area (Å²) in [6.07, 6.45) is 1.77. The molecule has 0 spiro atoms. The van der Waals surface area contributed by atoms with Crippen molar-refractivity contribution in [2.24, 2.45) is 0 Å². The molecule has 0 bridgehead atoms. The van der Waals surface area contributed by atoms with Crippen molar-refractivity contribution in [1.82, 2.24) is 5.32 Å². The van der Waals surface area contributed by atoms with E-state index in [1.165, 1.54) is 11.8 Å². The van der Waals surface area contributed by atoms with Crippen molar-refractivity contribution in [2.75, 3.05) is 12.4 Å². The minimum absolute atomic E-state index is 0.150. The Morgan fingerprint density at radius 3 is 2.71 bits per heavy atom. The van der Waals surface area contributed by atoms with E-state index in [1.54, 1.807) is 0 Å². The molecule has 0 radical (unpaired) electrons. The third-order valence-electron chi connectivity index (χ3n) is 2.02. The van der Waals surface area contributed by atoms with Crippen LogP contribution < -0.4 is 5.32 Å². The second kappa shape index (κ2) is 5.21. The highest BCUT2D eigenvalue weighted by molar-refractivity contribution is 8.00. The number of carboxylic acids is 1. The molecule has 0 aromatic rings. The maximum atomic E-state index is 11.4. The molecule has 1 saturated heterocycles. The summed E-state index contributed by atoms with van der Waals surface area (Å²) in [6.45, 7) is -0.571. The first-order valence-electron chi connectivity index (χ1n) is 4.40. The second-order valence-corrected chi connectivity index (χ2v) is 4.39.